The Morgan fingerprint density at radius 3 is 2.75 bits per heavy atom. The number of carbonyl (C=O) groups is 1. The third kappa shape index (κ3) is 3.76. The largest absolute Gasteiger partial charge is 0.381 e. The van der Waals surface area contributed by atoms with E-state index in [0.29, 0.717) is 18.7 Å². The first-order chi connectivity index (χ1) is 7.78. The lowest BCUT2D eigenvalue weighted by Crippen LogP contribution is -2.39. The van der Waals surface area contributed by atoms with Crippen molar-refractivity contribution in [3.63, 3.8) is 0 Å². The highest BCUT2D eigenvalue weighted by Gasteiger charge is 2.25. The van der Waals surface area contributed by atoms with Gasteiger partial charge in [0, 0.05) is 19.7 Å². The van der Waals surface area contributed by atoms with Crippen molar-refractivity contribution in [3.05, 3.63) is 0 Å². The summed E-state index contributed by atoms with van der Waals surface area (Å²) in [6.45, 7) is 1.32. The van der Waals surface area contributed by atoms with Gasteiger partial charge in [-0.2, -0.15) is 0 Å². The van der Waals surface area contributed by atoms with E-state index in [9.17, 15) is 4.79 Å². The molecule has 2 unspecified atom stereocenters. The lowest BCUT2D eigenvalue weighted by atomic mass is 10.2. The summed E-state index contributed by atoms with van der Waals surface area (Å²) >= 11 is 0. The van der Waals surface area contributed by atoms with Gasteiger partial charge in [-0.1, -0.05) is 0 Å². The molecule has 0 aliphatic heterocycles. The Morgan fingerprint density at radius 1 is 1.31 bits per heavy atom. The third-order valence-electron chi connectivity index (χ3n) is 3.55. The fraction of sp³-hybridized carbons (Fsp3) is 0.917. The first-order valence-electron chi connectivity index (χ1n) is 6.31. The van der Waals surface area contributed by atoms with E-state index in [2.05, 4.69) is 10.6 Å². The zero-order valence-electron chi connectivity index (χ0n) is 10.00. The van der Waals surface area contributed by atoms with Gasteiger partial charge in [-0.05, 0) is 38.0 Å². The van der Waals surface area contributed by atoms with Gasteiger partial charge < -0.3 is 15.4 Å². The van der Waals surface area contributed by atoms with E-state index in [1.165, 1.54) is 12.8 Å². The Bertz CT molecular complexity index is 241. The van der Waals surface area contributed by atoms with Crippen LogP contribution in [0.3, 0.4) is 0 Å². The summed E-state index contributed by atoms with van der Waals surface area (Å²) in [6, 6.07) is 0.455. The van der Waals surface area contributed by atoms with Crippen LogP contribution in [0.1, 0.15) is 32.1 Å². The minimum atomic E-state index is 0.132. The molecule has 2 aliphatic rings. The fourth-order valence-corrected chi connectivity index (χ4v) is 2.22. The molecular weight excluding hydrogens is 204 g/mol. The zero-order chi connectivity index (χ0) is 11.4. The molecule has 0 spiro atoms. The van der Waals surface area contributed by atoms with Crippen LogP contribution in [0.5, 0.6) is 0 Å². The molecular formula is C12H22N2O2. The van der Waals surface area contributed by atoms with Gasteiger partial charge >= 0.3 is 0 Å². The molecule has 2 rings (SSSR count). The van der Waals surface area contributed by atoms with Crippen LogP contribution in [0.4, 0.5) is 0 Å². The molecule has 0 heterocycles. The molecule has 2 fully saturated rings. The van der Waals surface area contributed by atoms with Crippen LogP contribution in [-0.2, 0) is 9.53 Å². The fourth-order valence-electron chi connectivity index (χ4n) is 2.22. The van der Waals surface area contributed by atoms with E-state index in [4.69, 9.17) is 4.74 Å². The lowest BCUT2D eigenvalue weighted by molar-refractivity contribution is -0.120. The Labute approximate surface area is 97.1 Å². The van der Waals surface area contributed by atoms with E-state index >= 15 is 0 Å². The van der Waals surface area contributed by atoms with Crippen molar-refractivity contribution in [2.45, 2.75) is 44.2 Å². The molecule has 0 saturated heterocycles. The maximum absolute atomic E-state index is 11.5. The van der Waals surface area contributed by atoms with Crippen molar-refractivity contribution >= 4 is 5.91 Å². The molecule has 0 bridgehead atoms. The quantitative estimate of drug-likeness (QED) is 0.700. The van der Waals surface area contributed by atoms with Gasteiger partial charge in [-0.15, -0.1) is 0 Å². The van der Waals surface area contributed by atoms with Gasteiger partial charge in [0.25, 0.3) is 0 Å². The topological polar surface area (TPSA) is 50.4 Å². The molecule has 4 heteroatoms. The highest BCUT2D eigenvalue weighted by Crippen LogP contribution is 2.27. The van der Waals surface area contributed by atoms with Crippen molar-refractivity contribution in [2.75, 3.05) is 20.2 Å². The number of hydrogen-bond donors (Lipinski definition) is 2. The summed E-state index contributed by atoms with van der Waals surface area (Å²) < 4.78 is 5.29. The number of methoxy groups -OCH3 is 1. The first-order valence-corrected chi connectivity index (χ1v) is 6.31. The highest BCUT2D eigenvalue weighted by molar-refractivity contribution is 5.78. The summed E-state index contributed by atoms with van der Waals surface area (Å²) in [6.07, 6.45) is 6.21. The third-order valence-corrected chi connectivity index (χ3v) is 3.55. The molecule has 2 saturated carbocycles. The normalized spacial score (nSPS) is 29.3. The number of rotatable bonds is 6. The maximum Gasteiger partial charge on any atom is 0.233 e. The molecule has 92 valence electrons. The Morgan fingerprint density at radius 2 is 2.12 bits per heavy atom. The molecule has 2 aliphatic carbocycles. The Hall–Kier alpha value is -0.610. The minimum Gasteiger partial charge on any atom is -0.381 e. The number of hydrogen-bond acceptors (Lipinski definition) is 3. The molecule has 0 aromatic carbocycles. The van der Waals surface area contributed by atoms with Crippen LogP contribution < -0.4 is 10.6 Å². The van der Waals surface area contributed by atoms with Gasteiger partial charge in [-0.3, -0.25) is 4.79 Å². The monoisotopic (exact) mass is 226 g/mol. The molecule has 2 N–H and O–H groups in total. The van der Waals surface area contributed by atoms with Crippen molar-refractivity contribution < 1.29 is 9.53 Å². The number of ether oxygens (including phenoxy) is 1. The first kappa shape index (κ1) is 11.9. The van der Waals surface area contributed by atoms with Crippen LogP contribution in [0.2, 0.25) is 0 Å². The second-order valence-electron chi connectivity index (χ2n) is 5.00. The highest BCUT2D eigenvalue weighted by atomic mass is 16.5. The Balaban J connectivity index is 1.54. The standard InChI is InChI=1S/C12H22N2O2/c1-16-11-5-4-10(6-11)13-8-12(15)14-7-9-2-3-9/h9-11,13H,2-8H2,1H3,(H,14,15). The zero-order valence-corrected chi connectivity index (χ0v) is 10.00. The smallest absolute Gasteiger partial charge is 0.233 e. The van der Waals surface area contributed by atoms with Crippen LogP contribution in [0, 0.1) is 5.92 Å². The van der Waals surface area contributed by atoms with Gasteiger partial charge in [0.15, 0.2) is 0 Å². The summed E-state index contributed by atoms with van der Waals surface area (Å²) in [5, 5.41) is 6.26. The lowest BCUT2D eigenvalue weighted by Gasteiger charge is -2.12. The SMILES string of the molecule is COC1CCC(NCC(=O)NCC2CC2)C1. The summed E-state index contributed by atoms with van der Waals surface area (Å²) in [7, 11) is 1.76. The second kappa shape index (κ2) is 5.64. The molecule has 0 aromatic heterocycles. The van der Waals surface area contributed by atoms with Gasteiger partial charge in [0.1, 0.15) is 0 Å². The van der Waals surface area contributed by atoms with Crippen LogP contribution in [0.15, 0.2) is 0 Å². The van der Waals surface area contributed by atoms with Crippen molar-refractivity contribution in [3.8, 4) is 0 Å². The summed E-state index contributed by atoms with van der Waals surface area (Å²) in [5.41, 5.74) is 0. The maximum atomic E-state index is 11.5. The van der Waals surface area contributed by atoms with Gasteiger partial charge in [-0.25, -0.2) is 0 Å². The van der Waals surface area contributed by atoms with Crippen LogP contribution in [0.25, 0.3) is 0 Å². The van der Waals surface area contributed by atoms with Gasteiger partial charge in [0.2, 0.25) is 5.91 Å². The predicted octanol–water partition coefficient (Wildman–Crippen LogP) is 0.670. The molecule has 4 nitrogen and oxygen atoms in total. The summed E-state index contributed by atoms with van der Waals surface area (Å²) in [5.74, 6) is 0.890. The van der Waals surface area contributed by atoms with Crippen molar-refractivity contribution in [1.82, 2.24) is 10.6 Å². The van der Waals surface area contributed by atoms with E-state index in [-0.39, 0.29) is 5.91 Å². The molecule has 0 radical (unpaired) electrons. The average Bonchev–Trinajstić information content (AvgIpc) is 3.01. The Kier molecular flexibility index (Phi) is 4.18. The van der Waals surface area contributed by atoms with E-state index in [0.717, 1.165) is 31.7 Å². The molecule has 1 amide bonds. The summed E-state index contributed by atoms with van der Waals surface area (Å²) in [4.78, 5) is 11.5. The van der Waals surface area contributed by atoms with Gasteiger partial charge in [0.05, 0.1) is 12.6 Å². The van der Waals surface area contributed by atoms with Crippen molar-refractivity contribution in [2.24, 2.45) is 5.92 Å². The van der Waals surface area contributed by atoms with Crippen molar-refractivity contribution in [1.29, 1.82) is 0 Å². The molecule has 2 atom stereocenters. The number of carbonyl (C=O) groups excluding carboxylic acids is 1. The number of amides is 1. The van der Waals surface area contributed by atoms with Crippen LogP contribution in [-0.4, -0.2) is 38.3 Å². The molecule has 16 heavy (non-hydrogen) atoms. The predicted molar refractivity (Wildman–Crippen MR) is 62.2 cm³/mol. The van der Waals surface area contributed by atoms with E-state index in [1.807, 2.05) is 0 Å². The van der Waals surface area contributed by atoms with E-state index < -0.39 is 0 Å². The van der Waals surface area contributed by atoms with Crippen LogP contribution >= 0.6 is 0 Å². The number of nitrogens with one attached hydrogen (secondary N) is 2. The second-order valence-corrected chi connectivity index (χ2v) is 5.00. The molecule has 0 aromatic rings. The minimum absolute atomic E-state index is 0.132. The van der Waals surface area contributed by atoms with E-state index in [1.54, 1.807) is 7.11 Å². The average molecular weight is 226 g/mol.